The first-order valence-corrected chi connectivity index (χ1v) is 7.85. The summed E-state index contributed by atoms with van der Waals surface area (Å²) in [6.45, 7) is 0. The predicted octanol–water partition coefficient (Wildman–Crippen LogP) is 4.66. The fraction of sp³-hybridized carbons (Fsp3) is 0. The summed E-state index contributed by atoms with van der Waals surface area (Å²) in [5.74, 6) is 0. The van der Waals surface area contributed by atoms with Crippen molar-refractivity contribution in [2.45, 2.75) is 0 Å². The third-order valence-electron chi connectivity index (χ3n) is 4.04. The van der Waals surface area contributed by atoms with E-state index in [1.807, 2.05) is 42.5 Å². The Morgan fingerprint density at radius 2 is 0.840 bits per heavy atom. The first-order valence-electron chi connectivity index (χ1n) is 7.85. The monoisotopic (exact) mass is 548 g/mol. The van der Waals surface area contributed by atoms with Crippen molar-refractivity contribution >= 4 is 46.4 Å². The van der Waals surface area contributed by atoms with E-state index in [0.717, 1.165) is 44.8 Å². The first-order chi connectivity index (χ1) is 11.8. The minimum atomic E-state index is 0. The number of nitrogens with one attached hydrogen (secondary N) is 2. The van der Waals surface area contributed by atoms with Crippen molar-refractivity contribution in [1.29, 1.82) is 0 Å². The van der Waals surface area contributed by atoms with E-state index in [1.165, 1.54) is 0 Å². The molecular weight excluding hydrogens is 534 g/mol. The van der Waals surface area contributed by atoms with Crippen LogP contribution >= 0.6 is 0 Å². The van der Waals surface area contributed by atoms with Crippen LogP contribution in [0.3, 0.4) is 0 Å². The van der Waals surface area contributed by atoms with Gasteiger partial charge in [-0.1, -0.05) is 0 Å². The average molecular weight is 548 g/mol. The molecule has 0 atom stereocenters. The van der Waals surface area contributed by atoms with E-state index < -0.39 is 0 Å². The van der Waals surface area contributed by atoms with Crippen LogP contribution in [0, 0.1) is 31.1 Å². The van der Waals surface area contributed by atoms with Crippen molar-refractivity contribution in [3.05, 3.63) is 71.3 Å². The Balaban J connectivity index is 0.00000157. The summed E-state index contributed by atoms with van der Waals surface area (Å²) in [6, 6.07) is 16.4. The largest absolute Gasteiger partial charge is 0.355 e. The molecule has 3 aromatic heterocycles. The van der Waals surface area contributed by atoms with Crippen molar-refractivity contribution in [2.24, 2.45) is 0 Å². The quantitative estimate of drug-likeness (QED) is 0.296. The number of hydrogen-bond acceptors (Lipinski definition) is 2. The van der Waals surface area contributed by atoms with Crippen molar-refractivity contribution < 1.29 is 31.1 Å². The summed E-state index contributed by atoms with van der Waals surface area (Å²) in [5.41, 5.74) is 7.86. The maximum Gasteiger partial charge on any atom is 0.0659 e. The molecule has 0 spiro atoms. The van der Waals surface area contributed by atoms with Gasteiger partial charge in [-0.3, -0.25) is 0 Å². The number of aromatic nitrogens is 4. The molecule has 5 heteroatoms. The molecule has 0 aliphatic carbocycles. The molecule has 5 rings (SSSR count). The minimum Gasteiger partial charge on any atom is -0.355 e. The van der Waals surface area contributed by atoms with Crippen molar-refractivity contribution in [1.82, 2.24) is 19.9 Å². The van der Waals surface area contributed by atoms with Gasteiger partial charge in [0.1, 0.15) is 0 Å². The Labute approximate surface area is 168 Å². The van der Waals surface area contributed by atoms with Gasteiger partial charge in [0.15, 0.2) is 0 Å². The second kappa shape index (κ2) is 6.51. The number of aromatic amines is 2. The molecule has 2 N–H and O–H groups in total. The Morgan fingerprint density at radius 3 is 1.28 bits per heavy atom. The smallest absolute Gasteiger partial charge is 0.0659 e. The number of rotatable bonds is 0. The SMILES string of the molecule is C1=Cc2cc3ccc(cc4ccc(cc5nc(cc1n2)C=C5)[nH]4)[nH]3.[U]. The fourth-order valence-corrected chi connectivity index (χ4v) is 2.94. The molecule has 118 valence electrons. The van der Waals surface area contributed by atoms with Gasteiger partial charge >= 0.3 is 0 Å². The zero-order valence-electron chi connectivity index (χ0n) is 13.3. The van der Waals surface area contributed by atoms with Crippen LogP contribution in [0.2, 0.25) is 0 Å². The van der Waals surface area contributed by atoms with Gasteiger partial charge in [-0.25, -0.2) is 9.97 Å². The molecular formula is C20H14N4U. The molecule has 5 heterocycles. The van der Waals surface area contributed by atoms with Gasteiger partial charge in [-0.2, -0.15) is 0 Å². The van der Waals surface area contributed by atoms with Crippen LogP contribution < -0.4 is 0 Å². The Morgan fingerprint density at radius 1 is 0.480 bits per heavy atom. The molecule has 25 heavy (non-hydrogen) atoms. The molecule has 0 saturated heterocycles. The Bertz CT molecular complexity index is 1080. The summed E-state index contributed by atoms with van der Waals surface area (Å²) >= 11 is 0. The zero-order valence-corrected chi connectivity index (χ0v) is 17.5. The molecule has 0 aromatic carbocycles. The van der Waals surface area contributed by atoms with Gasteiger partial charge in [0, 0.05) is 53.2 Å². The molecule has 0 amide bonds. The molecule has 2 aliphatic heterocycles. The van der Waals surface area contributed by atoms with Crippen LogP contribution in [0.25, 0.3) is 46.4 Å². The topological polar surface area (TPSA) is 57.4 Å². The second-order valence-corrected chi connectivity index (χ2v) is 5.91. The maximum absolute atomic E-state index is 4.62. The standard InChI is InChI=1S/C20H14N4.U/c1-2-14-10-16-5-6-18(23-16)12-20-8-7-19(24-20)11-17-4-3-15(22-17)9-13(1)21-14;/h1-12,21-22H;. The zero-order chi connectivity index (χ0) is 15.9. The van der Waals surface area contributed by atoms with Crippen molar-refractivity contribution in [3.63, 3.8) is 0 Å². The summed E-state index contributed by atoms with van der Waals surface area (Å²) in [7, 11) is 0. The summed E-state index contributed by atoms with van der Waals surface area (Å²) in [4.78, 5) is 16.0. The number of H-pyrrole nitrogens is 2. The van der Waals surface area contributed by atoms with E-state index in [4.69, 9.17) is 0 Å². The molecule has 3 aromatic rings. The molecule has 8 bridgehead atoms. The number of nitrogens with zero attached hydrogens (tertiary/aromatic N) is 2. The molecule has 0 saturated carbocycles. The Hall–Kier alpha value is -2.35. The van der Waals surface area contributed by atoms with Crippen LogP contribution in [0.4, 0.5) is 0 Å². The Kier molecular flexibility index (Phi) is 4.20. The fourth-order valence-electron chi connectivity index (χ4n) is 2.94. The van der Waals surface area contributed by atoms with E-state index in [0.29, 0.717) is 0 Å². The summed E-state index contributed by atoms with van der Waals surface area (Å²) < 4.78 is 0. The van der Waals surface area contributed by atoms with Crippen LogP contribution in [-0.4, -0.2) is 19.9 Å². The first kappa shape index (κ1) is 16.1. The van der Waals surface area contributed by atoms with Crippen LogP contribution in [-0.2, 0) is 0 Å². The van der Waals surface area contributed by atoms with Crippen LogP contribution in [0.15, 0.2) is 48.5 Å². The van der Waals surface area contributed by atoms with E-state index in [9.17, 15) is 0 Å². The van der Waals surface area contributed by atoms with Gasteiger partial charge in [-0.05, 0) is 72.8 Å². The maximum atomic E-state index is 4.62. The average Bonchev–Trinajstić information content (AvgIpc) is 3.32. The van der Waals surface area contributed by atoms with Crippen molar-refractivity contribution in [2.75, 3.05) is 0 Å². The molecule has 0 radical (unpaired) electrons. The number of hydrogen-bond donors (Lipinski definition) is 2. The van der Waals surface area contributed by atoms with Gasteiger partial charge in [0.2, 0.25) is 0 Å². The van der Waals surface area contributed by atoms with E-state index >= 15 is 0 Å². The summed E-state index contributed by atoms with van der Waals surface area (Å²) in [6.07, 6.45) is 8.05. The van der Waals surface area contributed by atoms with E-state index in [-0.39, 0.29) is 31.1 Å². The molecule has 0 fully saturated rings. The van der Waals surface area contributed by atoms with Gasteiger partial charge in [0.25, 0.3) is 0 Å². The third-order valence-corrected chi connectivity index (χ3v) is 4.04. The summed E-state index contributed by atoms with van der Waals surface area (Å²) in [5, 5.41) is 0. The van der Waals surface area contributed by atoms with E-state index in [1.54, 1.807) is 0 Å². The van der Waals surface area contributed by atoms with Crippen LogP contribution in [0.1, 0.15) is 22.8 Å². The normalized spacial score (nSPS) is 12.2. The number of fused-ring (bicyclic) bond motifs is 8. The van der Waals surface area contributed by atoms with Gasteiger partial charge in [0.05, 0.1) is 22.8 Å². The minimum absolute atomic E-state index is 0. The van der Waals surface area contributed by atoms with Crippen LogP contribution in [0.5, 0.6) is 0 Å². The molecule has 0 unspecified atom stereocenters. The third kappa shape index (κ3) is 3.39. The van der Waals surface area contributed by atoms with Gasteiger partial charge < -0.3 is 9.97 Å². The van der Waals surface area contributed by atoms with Crippen molar-refractivity contribution in [3.8, 4) is 0 Å². The predicted molar refractivity (Wildman–Crippen MR) is 98.9 cm³/mol. The van der Waals surface area contributed by atoms with E-state index in [2.05, 4.69) is 50.3 Å². The molecule has 4 nitrogen and oxygen atoms in total. The van der Waals surface area contributed by atoms with Gasteiger partial charge in [-0.15, -0.1) is 0 Å². The second-order valence-electron chi connectivity index (χ2n) is 5.91. The molecule has 2 aliphatic rings.